The first-order chi connectivity index (χ1) is 14.0. The van der Waals surface area contributed by atoms with E-state index >= 15 is 0 Å². The van der Waals surface area contributed by atoms with E-state index in [0.717, 1.165) is 6.42 Å². The number of fused-ring (bicyclic) bond motifs is 1. The molecule has 2 fully saturated rings. The SMILES string of the molecule is CCCCCCCCCCCCOC[C@@]12O[C@@H](CN)[C@@H](OOC)[C@@H]1OC(C)(C)O2. The third-order valence-corrected chi connectivity index (χ3v) is 5.66. The van der Waals surface area contributed by atoms with Crippen LogP contribution in [0, 0.1) is 0 Å². The minimum Gasteiger partial charge on any atom is -0.376 e. The van der Waals surface area contributed by atoms with Crippen LogP contribution in [0.5, 0.6) is 0 Å². The van der Waals surface area contributed by atoms with Gasteiger partial charge >= 0.3 is 0 Å². The Bertz CT molecular complexity index is 449. The van der Waals surface area contributed by atoms with Gasteiger partial charge in [0.15, 0.2) is 11.9 Å². The van der Waals surface area contributed by atoms with Gasteiger partial charge in [0.1, 0.15) is 18.8 Å². The zero-order valence-corrected chi connectivity index (χ0v) is 19.0. The van der Waals surface area contributed by atoms with Crippen molar-refractivity contribution in [1.82, 2.24) is 0 Å². The average molecular weight is 418 g/mol. The highest BCUT2D eigenvalue weighted by molar-refractivity contribution is 5.03. The maximum Gasteiger partial charge on any atom is 0.224 e. The summed E-state index contributed by atoms with van der Waals surface area (Å²) in [4.78, 5) is 10.3. The molecule has 0 radical (unpaired) electrons. The summed E-state index contributed by atoms with van der Waals surface area (Å²) in [6.45, 7) is 7.24. The van der Waals surface area contributed by atoms with Crippen LogP contribution in [-0.4, -0.2) is 56.8 Å². The smallest absolute Gasteiger partial charge is 0.224 e. The first kappa shape index (κ1) is 25.0. The molecule has 0 unspecified atom stereocenters. The molecule has 0 bridgehead atoms. The Morgan fingerprint density at radius 1 is 0.897 bits per heavy atom. The predicted molar refractivity (Wildman–Crippen MR) is 111 cm³/mol. The van der Waals surface area contributed by atoms with Gasteiger partial charge in [-0.05, 0) is 20.3 Å². The summed E-state index contributed by atoms with van der Waals surface area (Å²) < 4.78 is 24.2. The summed E-state index contributed by atoms with van der Waals surface area (Å²) in [5.41, 5.74) is 5.84. The second kappa shape index (κ2) is 12.5. The normalized spacial score (nSPS) is 30.7. The number of unbranched alkanes of at least 4 members (excludes halogenated alkanes) is 9. The molecule has 2 aliphatic heterocycles. The topological polar surface area (TPSA) is 81.4 Å². The van der Waals surface area contributed by atoms with Crippen molar-refractivity contribution >= 4 is 0 Å². The number of hydrogen-bond acceptors (Lipinski definition) is 7. The molecule has 0 amide bonds. The van der Waals surface area contributed by atoms with E-state index in [1.54, 1.807) is 0 Å². The van der Waals surface area contributed by atoms with Crippen molar-refractivity contribution in [3.05, 3.63) is 0 Å². The molecule has 29 heavy (non-hydrogen) atoms. The van der Waals surface area contributed by atoms with Crippen molar-refractivity contribution in [1.29, 1.82) is 0 Å². The Morgan fingerprint density at radius 2 is 1.52 bits per heavy atom. The van der Waals surface area contributed by atoms with E-state index < -0.39 is 23.8 Å². The van der Waals surface area contributed by atoms with Crippen LogP contribution < -0.4 is 5.73 Å². The van der Waals surface area contributed by atoms with Crippen LogP contribution in [0.25, 0.3) is 0 Å². The Morgan fingerprint density at radius 3 is 2.10 bits per heavy atom. The van der Waals surface area contributed by atoms with Gasteiger partial charge in [-0.25, -0.2) is 9.78 Å². The zero-order chi connectivity index (χ0) is 21.2. The summed E-state index contributed by atoms with van der Waals surface area (Å²) in [6, 6.07) is 0. The van der Waals surface area contributed by atoms with Crippen molar-refractivity contribution in [2.45, 2.75) is 115 Å². The highest BCUT2D eigenvalue weighted by atomic mass is 17.2. The van der Waals surface area contributed by atoms with E-state index in [0.29, 0.717) is 13.2 Å². The van der Waals surface area contributed by atoms with Gasteiger partial charge in [-0.15, -0.1) is 0 Å². The first-order valence-corrected chi connectivity index (χ1v) is 11.5. The summed E-state index contributed by atoms with van der Waals surface area (Å²) in [6.07, 6.45) is 11.7. The molecule has 0 aromatic rings. The van der Waals surface area contributed by atoms with Gasteiger partial charge < -0.3 is 24.7 Å². The zero-order valence-electron chi connectivity index (χ0n) is 19.0. The van der Waals surface area contributed by atoms with Crippen LogP contribution in [0.2, 0.25) is 0 Å². The molecule has 172 valence electrons. The minimum atomic E-state index is -1.00. The third-order valence-electron chi connectivity index (χ3n) is 5.66. The van der Waals surface area contributed by atoms with Crippen molar-refractivity contribution in [2.24, 2.45) is 5.73 Å². The molecular formula is C22H43NO6. The van der Waals surface area contributed by atoms with E-state index in [1.165, 1.54) is 64.9 Å². The van der Waals surface area contributed by atoms with Gasteiger partial charge in [0.25, 0.3) is 0 Å². The first-order valence-electron chi connectivity index (χ1n) is 11.5. The number of rotatable bonds is 16. The lowest BCUT2D eigenvalue weighted by Gasteiger charge is -2.28. The average Bonchev–Trinajstić information content (AvgIpc) is 3.10. The van der Waals surface area contributed by atoms with Crippen molar-refractivity contribution < 1.29 is 28.7 Å². The lowest BCUT2D eigenvalue weighted by Crippen LogP contribution is -2.45. The summed E-state index contributed by atoms with van der Waals surface area (Å²) in [5.74, 6) is -1.78. The predicted octanol–water partition coefficient (Wildman–Crippen LogP) is 4.08. The standard InChI is InChI=1S/C22H43NO6/c1-5-6-7-8-9-10-11-12-13-14-15-25-17-22-20(27-21(2,3)29-22)19(28-24-4)18(16-23)26-22/h18-20H,5-17,23H2,1-4H3/t18-,19+,20-,22-/m0/s1. The van der Waals surface area contributed by atoms with Gasteiger partial charge in [0.05, 0.1) is 7.11 Å². The fourth-order valence-corrected chi connectivity index (χ4v) is 4.28. The maximum absolute atomic E-state index is 6.12. The highest BCUT2D eigenvalue weighted by Crippen LogP contribution is 2.46. The quantitative estimate of drug-likeness (QED) is 0.230. The molecule has 0 aromatic carbocycles. The molecule has 2 heterocycles. The van der Waals surface area contributed by atoms with Crippen molar-refractivity contribution in [3.63, 3.8) is 0 Å². The molecule has 0 saturated carbocycles. The molecule has 7 heteroatoms. The lowest BCUT2D eigenvalue weighted by molar-refractivity contribution is -0.332. The summed E-state index contributed by atoms with van der Waals surface area (Å²) >= 11 is 0. The molecule has 0 spiro atoms. The fraction of sp³-hybridized carbons (Fsp3) is 1.00. The Labute approximate surface area is 176 Å². The monoisotopic (exact) mass is 417 g/mol. The van der Waals surface area contributed by atoms with Crippen LogP contribution in [0.15, 0.2) is 0 Å². The molecule has 2 aliphatic rings. The second-order valence-corrected chi connectivity index (χ2v) is 8.71. The van der Waals surface area contributed by atoms with E-state index in [2.05, 4.69) is 6.92 Å². The van der Waals surface area contributed by atoms with Crippen LogP contribution in [0.1, 0.15) is 85.0 Å². The Hall–Kier alpha value is -0.280. The van der Waals surface area contributed by atoms with Crippen LogP contribution >= 0.6 is 0 Å². The highest BCUT2D eigenvalue weighted by Gasteiger charge is 2.65. The number of ether oxygens (including phenoxy) is 4. The van der Waals surface area contributed by atoms with Crippen LogP contribution in [0.4, 0.5) is 0 Å². The molecule has 0 aliphatic carbocycles. The summed E-state index contributed by atoms with van der Waals surface area (Å²) in [7, 11) is 1.47. The molecule has 2 N–H and O–H groups in total. The number of hydrogen-bond donors (Lipinski definition) is 1. The fourth-order valence-electron chi connectivity index (χ4n) is 4.28. The van der Waals surface area contributed by atoms with Crippen molar-refractivity contribution in [2.75, 3.05) is 26.9 Å². The van der Waals surface area contributed by atoms with Gasteiger partial charge in [-0.1, -0.05) is 64.7 Å². The lowest BCUT2D eigenvalue weighted by atomic mass is 10.1. The van der Waals surface area contributed by atoms with Crippen molar-refractivity contribution in [3.8, 4) is 0 Å². The largest absolute Gasteiger partial charge is 0.376 e. The van der Waals surface area contributed by atoms with Gasteiger partial charge in [-0.2, -0.15) is 0 Å². The van der Waals surface area contributed by atoms with E-state index in [9.17, 15) is 0 Å². The molecule has 2 saturated heterocycles. The van der Waals surface area contributed by atoms with E-state index in [-0.39, 0.29) is 12.6 Å². The van der Waals surface area contributed by atoms with Crippen LogP contribution in [-0.2, 0) is 28.7 Å². The van der Waals surface area contributed by atoms with Gasteiger partial charge in [-0.3, -0.25) is 0 Å². The van der Waals surface area contributed by atoms with Gasteiger partial charge in [0.2, 0.25) is 5.79 Å². The minimum absolute atomic E-state index is 0.290. The molecule has 4 atom stereocenters. The summed E-state index contributed by atoms with van der Waals surface area (Å²) in [5, 5.41) is 0. The van der Waals surface area contributed by atoms with Crippen LogP contribution in [0.3, 0.4) is 0 Å². The van der Waals surface area contributed by atoms with E-state index in [1.807, 2.05) is 13.8 Å². The third kappa shape index (κ3) is 7.42. The molecule has 2 rings (SSSR count). The molecular weight excluding hydrogens is 374 g/mol. The number of nitrogens with two attached hydrogens (primary N) is 1. The molecule has 0 aromatic heterocycles. The Kier molecular flexibility index (Phi) is 10.8. The molecule has 7 nitrogen and oxygen atoms in total. The Balaban J connectivity index is 1.65. The second-order valence-electron chi connectivity index (χ2n) is 8.71. The van der Waals surface area contributed by atoms with E-state index in [4.69, 9.17) is 34.5 Å². The maximum atomic E-state index is 6.12. The van der Waals surface area contributed by atoms with Gasteiger partial charge in [0, 0.05) is 13.2 Å².